The van der Waals surface area contributed by atoms with Gasteiger partial charge in [-0.25, -0.2) is 0 Å². The molecule has 0 heterocycles. The molecule has 0 aromatic carbocycles. The number of carboxylic acids is 1. The summed E-state index contributed by atoms with van der Waals surface area (Å²) in [5.74, 6) is -1.10. The number of rotatable bonds is 4. The zero-order chi connectivity index (χ0) is 11.1. The van der Waals surface area contributed by atoms with Crippen molar-refractivity contribution in [1.29, 1.82) is 0 Å². The smallest absolute Gasteiger partial charge is 0.304 e. The molecule has 15 heavy (non-hydrogen) atoms. The summed E-state index contributed by atoms with van der Waals surface area (Å²) < 4.78 is 5.05. The maximum absolute atomic E-state index is 12.0. The predicted octanol–water partition coefficient (Wildman–Crippen LogP) is 0.869. The van der Waals surface area contributed by atoms with Crippen molar-refractivity contribution in [2.45, 2.75) is 12.8 Å². The average Bonchev–Trinajstić information content (AvgIpc) is 2.66. The molecule has 4 heteroatoms. The minimum Gasteiger partial charge on any atom is -0.481 e. The van der Waals surface area contributed by atoms with Crippen LogP contribution >= 0.6 is 0 Å². The maximum atomic E-state index is 12.0. The summed E-state index contributed by atoms with van der Waals surface area (Å²) in [5, 5.41) is 8.73. The van der Waals surface area contributed by atoms with Crippen LogP contribution < -0.4 is 0 Å². The lowest BCUT2D eigenvalue weighted by Gasteiger charge is -2.23. The van der Waals surface area contributed by atoms with Crippen LogP contribution in [0, 0.1) is 17.3 Å². The number of carboxylic acid groups (broad SMARTS) is 1. The van der Waals surface area contributed by atoms with Crippen LogP contribution in [0.2, 0.25) is 0 Å². The number of hydrogen-bond acceptors (Lipinski definition) is 3. The van der Waals surface area contributed by atoms with E-state index >= 15 is 0 Å². The highest BCUT2D eigenvalue weighted by molar-refractivity contribution is 5.95. The van der Waals surface area contributed by atoms with E-state index in [4.69, 9.17) is 9.84 Å². The van der Waals surface area contributed by atoms with Gasteiger partial charge in [0.1, 0.15) is 5.78 Å². The minimum atomic E-state index is -0.901. The van der Waals surface area contributed by atoms with Crippen molar-refractivity contribution >= 4 is 11.8 Å². The summed E-state index contributed by atoms with van der Waals surface area (Å²) in [6.07, 6.45) is 4.52. The van der Waals surface area contributed by atoms with Gasteiger partial charge in [0, 0.05) is 13.0 Å². The number of aliphatic carboxylic acids is 1. The molecule has 0 radical (unpaired) electrons. The van der Waals surface area contributed by atoms with Gasteiger partial charge in [0.05, 0.1) is 18.4 Å². The van der Waals surface area contributed by atoms with Gasteiger partial charge in [0.25, 0.3) is 0 Å². The summed E-state index contributed by atoms with van der Waals surface area (Å²) >= 11 is 0. The zero-order valence-corrected chi connectivity index (χ0v) is 8.60. The number of allylic oxidation sites excluding steroid dienone is 1. The summed E-state index contributed by atoms with van der Waals surface area (Å²) in [6, 6.07) is 0. The largest absolute Gasteiger partial charge is 0.481 e. The number of methoxy groups -OCH3 is 1. The molecule has 4 nitrogen and oxygen atoms in total. The number of fused-ring (bicyclic) bond motifs is 2. The number of hydrogen-bond donors (Lipinski definition) is 1. The first kappa shape index (κ1) is 10.4. The van der Waals surface area contributed by atoms with E-state index in [1.165, 1.54) is 0 Å². The Bertz CT molecular complexity index is 333. The lowest BCUT2D eigenvalue weighted by atomic mass is 9.82. The second-order valence-corrected chi connectivity index (χ2v) is 4.38. The number of Topliss-reactive ketones (excluding diaryl/α,β-unsaturated/α-hetero) is 1. The van der Waals surface area contributed by atoms with Gasteiger partial charge >= 0.3 is 5.97 Å². The topological polar surface area (TPSA) is 63.6 Å². The second-order valence-electron chi connectivity index (χ2n) is 4.38. The van der Waals surface area contributed by atoms with Crippen LogP contribution in [0.25, 0.3) is 0 Å². The molecule has 2 aliphatic rings. The van der Waals surface area contributed by atoms with Crippen molar-refractivity contribution in [1.82, 2.24) is 0 Å². The molecule has 0 aromatic heterocycles. The van der Waals surface area contributed by atoms with E-state index in [2.05, 4.69) is 0 Å². The summed E-state index contributed by atoms with van der Waals surface area (Å²) in [4.78, 5) is 22.7. The first-order valence-corrected chi connectivity index (χ1v) is 5.03. The second kappa shape index (κ2) is 3.45. The SMILES string of the molecule is COCC12C=CC(C1)C(CC(=O)O)C2=O. The van der Waals surface area contributed by atoms with Crippen LogP contribution in [0.15, 0.2) is 12.2 Å². The van der Waals surface area contributed by atoms with Gasteiger partial charge < -0.3 is 9.84 Å². The molecule has 0 spiro atoms. The molecular formula is C11H14O4. The molecule has 1 N–H and O–H groups in total. The van der Waals surface area contributed by atoms with E-state index in [-0.39, 0.29) is 24.0 Å². The summed E-state index contributed by atoms with van der Waals surface area (Å²) in [7, 11) is 1.56. The first-order valence-electron chi connectivity index (χ1n) is 5.03. The lowest BCUT2D eigenvalue weighted by molar-refractivity contribution is -0.141. The highest BCUT2D eigenvalue weighted by Gasteiger charge is 2.54. The Labute approximate surface area is 87.9 Å². The lowest BCUT2D eigenvalue weighted by Crippen LogP contribution is -2.33. The maximum Gasteiger partial charge on any atom is 0.304 e. The fourth-order valence-corrected chi connectivity index (χ4v) is 2.76. The van der Waals surface area contributed by atoms with E-state index in [1.807, 2.05) is 12.2 Å². The van der Waals surface area contributed by atoms with Gasteiger partial charge in [0.2, 0.25) is 0 Å². The molecule has 2 aliphatic carbocycles. The molecule has 3 unspecified atom stereocenters. The van der Waals surface area contributed by atoms with Gasteiger partial charge in [-0.3, -0.25) is 9.59 Å². The Morgan fingerprint density at radius 2 is 2.47 bits per heavy atom. The number of ether oxygens (including phenoxy) is 1. The molecule has 0 aliphatic heterocycles. The van der Waals surface area contributed by atoms with Gasteiger partial charge in [-0.1, -0.05) is 12.2 Å². The van der Waals surface area contributed by atoms with Crippen molar-refractivity contribution in [2.24, 2.45) is 17.3 Å². The molecular weight excluding hydrogens is 196 g/mol. The molecule has 2 rings (SSSR count). The molecule has 0 saturated heterocycles. The Balaban J connectivity index is 2.18. The number of carbonyl (C=O) groups is 2. The van der Waals surface area contributed by atoms with Crippen molar-refractivity contribution < 1.29 is 19.4 Å². The Kier molecular flexibility index (Phi) is 2.38. The third-order valence-electron chi connectivity index (χ3n) is 3.40. The van der Waals surface area contributed by atoms with Crippen LogP contribution in [-0.4, -0.2) is 30.6 Å². The van der Waals surface area contributed by atoms with Crippen LogP contribution in [0.1, 0.15) is 12.8 Å². The van der Waals surface area contributed by atoms with Crippen molar-refractivity contribution in [2.75, 3.05) is 13.7 Å². The molecule has 2 bridgehead atoms. The Hall–Kier alpha value is -1.16. The summed E-state index contributed by atoms with van der Waals surface area (Å²) in [5.41, 5.74) is -0.528. The Morgan fingerprint density at radius 3 is 3.07 bits per heavy atom. The van der Waals surface area contributed by atoms with E-state index < -0.39 is 11.4 Å². The summed E-state index contributed by atoms with van der Waals surface area (Å²) in [6.45, 7) is 0.370. The van der Waals surface area contributed by atoms with Gasteiger partial charge in [-0.05, 0) is 12.3 Å². The van der Waals surface area contributed by atoms with Gasteiger partial charge in [0.15, 0.2) is 0 Å². The third-order valence-corrected chi connectivity index (χ3v) is 3.40. The van der Waals surface area contributed by atoms with Crippen molar-refractivity contribution in [3.05, 3.63) is 12.2 Å². The van der Waals surface area contributed by atoms with Crippen LogP contribution in [0.5, 0.6) is 0 Å². The number of carbonyl (C=O) groups excluding carboxylic acids is 1. The fourth-order valence-electron chi connectivity index (χ4n) is 2.76. The average molecular weight is 210 g/mol. The Morgan fingerprint density at radius 1 is 1.73 bits per heavy atom. The van der Waals surface area contributed by atoms with Crippen molar-refractivity contribution in [3.8, 4) is 0 Å². The van der Waals surface area contributed by atoms with Crippen LogP contribution in [0.3, 0.4) is 0 Å². The van der Waals surface area contributed by atoms with Crippen LogP contribution in [-0.2, 0) is 14.3 Å². The van der Waals surface area contributed by atoms with E-state index in [0.29, 0.717) is 6.61 Å². The normalized spacial score (nSPS) is 37.5. The molecule has 1 fully saturated rings. The number of ketones is 1. The monoisotopic (exact) mass is 210 g/mol. The molecule has 1 saturated carbocycles. The van der Waals surface area contributed by atoms with Crippen LogP contribution in [0.4, 0.5) is 0 Å². The first-order chi connectivity index (χ1) is 7.09. The third kappa shape index (κ3) is 1.49. The highest BCUT2D eigenvalue weighted by Crippen LogP contribution is 2.50. The van der Waals surface area contributed by atoms with Crippen molar-refractivity contribution in [3.63, 3.8) is 0 Å². The molecule has 0 aromatic rings. The fraction of sp³-hybridized carbons (Fsp3) is 0.636. The predicted molar refractivity (Wildman–Crippen MR) is 52.3 cm³/mol. The van der Waals surface area contributed by atoms with Gasteiger partial charge in [-0.15, -0.1) is 0 Å². The minimum absolute atomic E-state index is 0.0410. The quantitative estimate of drug-likeness (QED) is 0.699. The zero-order valence-electron chi connectivity index (χ0n) is 8.60. The standard InChI is InChI=1S/C11H14O4/c1-15-6-11-3-2-7(5-11)8(10(11)14)4-9(12)13/h2-3,7-8H,4-6H2,1H3,(H,12,13). The molecule has 82 valence electrons. The molecule has 3 atom stereocenters. The van der Waals surface area contributed by atoms with Gasteiger partial charge in [-0.2, -0.15) is 0 Å². The van der Waals surface area contributed by atoms with E-state index in [9.17, 15) is 9.59 Å². The highest BCUT2D eigenvalue weighted by atomic mass is 16.5. The molecule has 0 amide bonds. The van der Waals surface area contributed by atoms with E-state index in [0.717, 1.165) is 6.42 Å². The van der Waals surface area contributed by atoms with E-state index in [1.54, 1.807) is 7.11 Å².